The molecule has 0 bridgehead atoms. The number of nitrogens with zero attached hydrogens (tertiary/aromatic N) is 1. The van der Waals surface area contributed by atoms with Crippen LogP contribution in [0.25, 0.3) is 0 Å². The molecule has 2 aromatic rings. The fourth-order valence-electron chi connectivity index (χ4n) is 2.20. The molecule has 0 spiro atoms. The van der Waals surface area contributed by atoms with Crippen LogP contribution in [0, 0.1) is 11.6 Å². The highest BCUT2D eigenvalue weighted by molar-refractivity contribution is 7.71. The van der Waals surface area contributed by atoms with Gasteiger partial charge in [0.05, 0.1) is 0 Å². The van der Waals surface area contributed by atoms with Crippen LogP contribution in [-0.4, -0.2) is 16.6 Å². The first-order valence-electron chi connectivity index (χ1n) is 6.93. The molecule has 0 saturated heterocycles. The number of aromatic nitrogens is 2. The maximum atomic E-state index is 5.87. The average Bonchev–Trinajstić information content (AvgIpc) is 2.48. The van der Waals surface area contributed by atoms with Gasteiger partial charge in [-0.2, -0.15) is 0 Å². The Morgan fingerprint density at radius 1 is 1.25 bits per heavy atom. The van der Waals surface area contributed by atoms with Gasteiger partial charge in [-0.25, -0.2) is 4.98 Å². The summed E-state index contributed by atoms with van der Waals surface area (Å²) in [5.41, 5.74) is 3.26. The van der Waals surface area contributed by atoms with Gasteiger partial charge in [-0.05, 0) is 25.8 Å². The molecule has 0 aliphatic rings. The topological polar surface area (TPSA) is 37.9 Å². The summed E-state index contributed by atoms with van der Waals surface area (Å²) < 4.78 is 6.52. The van der Waals surface area contributed by atoms with E-state index >= 15 is 0 Å². The fraction of sp³-hybridized carbons (Fsp3) is 0.375. The van der Waals surface area contributed by atoms with Gasteiger partial charge >= 0.3 is 0 Å². The Bertz CT molecular complexity index is 622. The number of benzene rings is 1. The van der Waals surface area contributed by atoms with Gasteiger partial charge in [-0.15, -0.1) is 0 Å². The van der Waals surface area contributed by atoms with Crippen molar-refractivity contribution in [3.63, 3.8) is 0 Å². The first kappa shape index (κ1) is 14.9. The lowest BCUT2D eigenvalue weighted by Gasteiger charge is -2.18. The van der Waals surface area contributed by atoms with Crippen molar-refractivity contribution in [2.24, 2.45) is 0 Å². The molecule has 0 aliphatic heterocycles. The van der Waals surface area contributed by atoms with Gasteiger partial charge in [0.2, 0.25) is 0 Å². The molecule has 0 fully saturated rings. The number of hydrogen-bond acceptors (Lipinski definition) is 3. The normalized spacial score (nSPS) is 12.3. The number of hydrogen-bond donors (Lipinski definition) is 1. The summed E-state index contributed by atoms with van der Waals surface area (Å²) in [7, 11) is 0. The summed E-state index contributed by atoms with van der Waals surface area (Å²) >= 11 is 5.36. The second kappa shape index (κ2) is 6.77. The Kier molecular flexibility index (Phi) is 5.04. The first-order chi connectivity index (χ1) is 9.67. The van der Waals surface area contributed by atoms with Crippen LogP contribution >= 0.6 is 12.2 Å². The molecular weight excluding hydrogens is 268 g/mol. The fourth-order valence-corrected chi connectivity index (χ4v) is 2.43. The number of rotatable bonds is 5. The predicted octanol–water partition coefficient (Wildman–Crippen LogP) is 4.14. The van der Waals surface area contributed by atoms with E-state index in [0.29, 0.717) is 11.2 Å². The molecule has 0 aliphatic carbocycles. The van der Waals surface area contributed by atoms with Gasteiger partial charge < -0.3 is 9.72 Å². The number of ether oxygens (including phenoxy) is 1. The Morgan fingerprint density at radius 3 is 2.55 bits per heavy atom. The molecule has 2 rings (SSSR count). The van der Waals surface area contributed by atoms with Crippen LogP contribution in [0.15, 0.2) is 30.3 Å². The standard InChI is InChI=1S/C16H20N2OS/c1-4-13-11(3)16(20)18-15(17-13)14(19-5-2)12-9-7-6-8-10-12/h6-10,14H,4-5H2,1-3H3,(H,17,18,20). The van der Waals surface area contributed by atoms with Gasteiger partial charge in [-0.1, -0.05) is 49.5 Å². The zero-order chi connectivity index (χ0) is 14.5. The van der Waals surface area contributed by atoms with Crippen molar-refractivity contribution in [2.75, 3.05) is 6.61 Å². The van der Waals surface area contributed by atoms with Gasteiger partial charge in [0, 0.05) is 17.9 Å². The van der Waals surface area contributed by atoms with E-state index in [4.69, 9.17) is 17.0 Å². The van der Waals surface area contributed by atoms with E-state index in [0.717, 1.165) is 29.1 Å². The lowest BCUT2D eigenvalue weighted by molar-refractivity contribution is 0.0848. The zero-order valence-electron chi connectivity index (χ0n) is 12.1. The van der Waals surface area contributed by atoms with E-state index in [1.165, 1.54) is 0 Å². The van der Waals surface area contributed by atoms with Crippen molar-refractivity contribution in [3.8, 4) is 0 Å². The van der Waals surface area contributed by atoms with Crippen LogP contribution in [0.1, 0.15) is 42.6 Å². The minimum Gasteiger partial charge on any atom is -0.366 e. The summed E-state index contributed by atoms with van der Waals surface area (Å²) in [4.78, 5) is 7.89. The lowest BCUT2D eigenvalue weighted by Crippen LogP contribution is -2.12. The minimum atomic E-state index is -0.200. The smallest absolute Gasteiger partial charge is 0.141 e. The number of aromatic amines is 1. The van der Waals surface area contributed by atoms with E-state index in [1.807, 2.05) is 44.2 Å². The molecule has 3 nitrogen and oxygen atoms in total. The quantitative estimate of drug-likeness (QED) is 0.840. The van der Waals surface area contributed by atoms with Crippen LogP contribution in [0.3, 0.4) is 0 Å². The van der Waals surface area contributed by atoms with Crippen LogP contribution in [-0.2, 0) is 11.2 Å². The van der Waals surface area contributed by atoms with Gasteiger partial charge in [0.15, 0.2) is 0 Å². The highest BCUT2D eigenvalue weighted by Crippen LogP contribution is 2.24. The molecule has 1 atom stereocenters. The van der Waals surface area contributed by atoms with E-state index in [-0.39, 0.29) is 6.10 Å². The molecule has 1 N–H and O–H groups in total. The number of aryl methyl sites for hydroxylation is 1. The van der Waals surface area contributed by atoms with Crippen molar-refractivity contribution < 1.29 is 4.74 Å². The second-order valence-corrected chi connectivity index (χ2v) is 5.02. The molecule has 0 amide bonds. The van der Waals surface area contributed by atoms with E-state index in [2.05, 4.69) is 16.9 Å². The van der Waals surface area contributed by atoms with Gasteiger partial charge in [-0.3, -0.25) is 0 Å². The number of nitrogens with one attached hydrogen (secondary N) is 1. The van der Waals surface area contributed by atoms with Crippen molar-refractivity contribution >= 4 is 12.2 Å². The Morgan fingerprint density at radius 2 is 1.95 bits per heavy atom. The molecule has 1 aromatic carbocycles. The molecule has 1 aromatic heterocycles. The Hall–Kier alpha value is -1.52. The van der Waals surface area contributed by atoms with Crippen LogP contribution in [0.5, 0.6) is 0 Å². The lowest BCUT2D eigenvalue weighted by atomic mass is 10.1. The zero-order valence-corrected chi connectivity index (χ0v) is 13.0. The molecule has 4 heteroatoms. The Balaban J connectivity index is 2.50. The minimum absolute atomic E-state index is 0.200. The van der Waals surface area contributed by atoms with Crippen LogP contribution in [0.2, 0.25) is 0 Å². The molecule has 20 heavy (non-hydrogen) atoms. The number of H-pyrrole nitrogens is 1. The molecule has 0 saturated carbocycles. The van der Waals surface area contributed by atoms with E-state index in [9.17, 15) is 0 Å². The van der Waals surface area contributed by atoms with Crippen LogP contribution < -0.4 is 0 Å². The third-order valence-electron chi connectivity index (χ3n) is 3.31. The molecule has 0 radical (unpaired) electrons. The highest BCUT2D eigenvalue weighted by Gasteiger charge is 2.17. The molecule has 106 valence electrons. The summed E-state index contributed by atoms with van der Waals surface area (Å²) in [5, 5.41) is 0. The van der Waals surface area contributed by atoms with Gasteiger partial charge in [0.1, 0.15) is 16.6 Å². The second-order valence-electron chi connectivity index (χ2n) is 4.63. The summed E-state index contributed by atoms with van der Waals surface area (Å²) in [6, 6.07) is 10.1. The Labute approximate surface area is 125 Å². The summed E-state index contributed by atoms with van der Waals surface area (Å²) in [6.07, 6.45) is 0.701. The molecular formula is C16H20N2OS. The van der Waals surface area contributed by atoms with Crippen LogP contribution in [0.4, 0.5) is 0 Å². The maximum absolute atomic E-state index is 5.87. The average molecular weight is 288 g/mol. The highest BCUT2D eigenvalue weighted by atomic mass is 32.1. The first-order valence-corrected chi connectivity index (χ1v) is 7.34. The van der Waals surface area contributed by atoms with E-state index < -0.39 is 0 Å². The molecule has 1 unspecified atom stereocenters. The van der Waals surface area contributed by atoms with Crippen molar-refractivity contribution in [3.05, 3.63) is 57.6 Å². The third-order valence-corrected chi connectivity index (χ3v) is 3.71. The SMILES string of the molecule is CCOC(c1ccccc1)c1nc(=S)c(C)c(CC)[nH]1. The largest absolute Gasteiger partial charge is 0.366 e. The van der Waals surface area contributed by atoms with Crippen molar-refractivity contribution in [1.29, 1.82) is 0 Å². The summed E-state index contributed by atoms with van der Waals surface area (Å²) in [6.45, 7) is 6.72. The third kappa shape index (κ3) is 3.14. The maximum Gasteiger partial charge on any atom is 0.141 e. The van der Waals surface area contributed by atoms with Gasteiger partial charge in [0.25, 0.3) is 0 Å². The van der Waals surface area contributed by atoms with Crippen molar-refractivity contribution in [2.45, 2.75) is 33.3 Å². The van der Waals surface area contributed by atoms with E-state index in [1.54, 1.807) is 0 Å². The predicted molar refractivity (Wildman–Crippen MR) is 83.4 cm³/mol. The summed E-state index contributed by atoms with van der Waals surface area (Å²) in [5.74, 6) is 0.783. The monoisotopic (exact) mass is 288 g/mol. The van der Waals surface area contributed by atoms with Crippen molar-refractivity contribution in [1.82, 2.24) is 9.97 Å². The molecule has 1 heterocycles.